The Labute approximate surface area is 191 Å². The van der Waals surface area contributed by atoms with Gasteiger partial charge in [-0.25, -0.2) is 16.8 Å². The molecule has 0 aliphatic rings. The Kier molecular flexibility index (Phi) is 7.19. The first-order valence-corrected chi connectivity index (χ1v) is 12.7. The zero-order valence-corrected chi connectivity index (χ0v) is 19.2. The number of hydrogen-bond acceptors (Lipinski definition) is 5. The quantitative estimate of drug-likeness (QED) is 0.443. The summed E-state index contributed by atoms with van der Waals surface area (Å²) in [6, 6.07) is 18.5. The predicted octanol–water partition coefficient (Wildman–Crippen LogP) is 3.45. The van der Waals surface area contributed by atoms with Gasteiger partial charge in [-0.15, -0.1) is 0 Å². The SMILES string of the molecule is C[C@H](NS(=O)(=O)c1ccccc1)C(=O)Nc1cccc(S(=O)(=O)Nc2ccccc2Cl)c1. The average molecular weight is 494 g/mol. The highest BCUT2D eigenvalue weighted by molar-refractivity contribution is 7.92. The summed E-state index contributed by atoms with van der Waals surface area (Å²) in [5.74, 6) is -0.655. The second-order valence-electron chi connectivity index (χ2n) is 6.76. The maximum Gasteiger partial charge on any atom is 0.262 e. The van der Waals surface area contributed by atoms with E-state index in [4.69, 9.17) is 11.6 Å². The summed E-state index contributed by atoms with van der Waals surface area (Å²) in [6.07, 6.45) is 0. The summed E-state index contributed by atoms with van der Waals surface area (Å²) in [5.41, 5.74) is 0.398. The molecule has 3 aromatic carbocycles. The number of nitrogens with one attached hydrogen (secondary N) is 3. The van der Waals surface area contributed by atoms with Gasteiger partial charge in [0, 0.05) is 5.69 Å². The van der Waals surface area contributed by atoms with Crippen molar-refractivity contribution in [3.05, 3.63) is 83.9 Å². The number of halogens is 1. The van der Waals surface area contributed by atoms with E-state index in [1.807, 2.05) is 0 Å². The van der Waals surface area contributed by atoms with Crippen LogP contribution >= 0.6 is 11.6 Å². The summed E-state index contributed by atoms with van der Waals surface area (Å²) >= 11 is 6.01. The van der Waals surface area contributed by atoms with E-state index in [-0.39, 0.29) is 26.2 Å². The van der Waals surface area contributed by atoms with Gasteiger partial charge < -0.3 is 5.32 Å². The van der Waals surface area contributed by atoms with Crippen molar-refractivity contribution in [3.8, 4) is 0 Å². The van der Waals surface area contributed by atoms with E-state index >= 15 is 0 Å². The topological polar surface area (TPSA) is 121 Å². The van der Waals surface area contributed by atoms with Crippen LogP contribution in [0.25, 0.3) is 0 Å². The molecule has 0 aromatic heterocycles. The molecule has 0 saturated carbocycles. The molecule has 32 heavy (non-hydrogen) atoms. The molecule has 0 fully saturated rings. The van der Waals surface area contributed by atoms with Crippen LogP contribution in [0.3, 0.4) is 0 Å². The third kappa shape index (κ3) is 5.86. The van der Waals surface area contributed by atoms with E-state index in [1.54, 1.807) is 36.4 Å². The summed E-state index contributed by atoms with van der Waals surface area (Å²) in [5, 5.41) is 2.76. The molecule has 0 spiro atoms. The van der Waals surface area contributed by atoms with Crippen molar-refractivity contribution in [3.63, 3.8) is 0 Å². The number of benzene rings is 3. The molecule has 0 radical (unpaired) electrons. The maximum atomic E-state index is 12.7. The molecule has 0 aliphatic heterocycles. The fraction of sp³-hybridized carbons (Fsp3) is 0.0952. The van der Waals surface area contributed by atoms with Crippen LogP contribution in [0.5, 0.6) is 0 Å². The average Bonchev–Trinajstić information content (AvgIpc) is 2.76. The molecule has 0 unspecified atom stereocenters. The first kappa shape index (κ1) is 23.7. The molecule has 168 valence electrons. The minimum Gasteiger partial charge on any atom is -0.325 e. The fourth-order valence-corrected chi connectivity index (χ4v) is 5.28. The standard InChI is InChI=1S/C21H20ClN3O5S2/c1-15(24-31(27,28)17-9-3-2-4-10-17)21(26)23-16-8-7-11-18(14-16)32(29,30)25-20-13-6-5-12-19(20)22/h2-15,24-25H,1H3,(H,23,26)/t15-/m0/s1. The maximum absolute atomic E-state index is 12.7. The number of carbonyl (C=O) groups excluding carboxylic acids is 1. The lowest BCUT2D eigenvalue weighted by atomic mass is 10.3. The van der Waals surface area contributed by atoms with Crippen molar-refractivity contribution in [2.45, 2.75) is 22.8 Å². The molecule has 11 heteroatoms. The first-order valence-electron chi connectivity index (χ1n) is 9.34. The number of hydrogen-bond donors (Lipinski definition) is 3. The molecular formula is C21H20ClN3O5S2. The van der Waals surface area contributed by atoms with Gasteiger partial charge in [0.05, 0.1) is 26.5 Å². The third-order valence-electron chi connectivity index (χ3n) is 4.31. The van der Waals surface area contributed by atoms with Gasteiger partial charge in [-0.2, -0.15) is 4.72 Å². The van der Waals surface area contributed by atoms with Crippen LogP contribution in [0.4, 0.5) is 11.4 Å². The van der Waals surface area contributed by atoms with Gasteiger partial charge in [-0.3, -0.25) is 9.52 Å². The lowest BCUT2D eigenvalue weighted by Crippen LogP contribution is -2.41. The number of rotatable bonds is 8. The highest BCUT2D eigenvalue weighted by Crippen LogP contribution is 2.25. The number of anilines is 2. The Morgan fingerprint density at radius 1 is 0.812 bits per heavy atom. The molecule has 3 rings (SSSR count). The van der Waals surface area contributed by atoms with Crippen molar-refractivity contribution < 1.29 is 21.6 Å². The number of amides is 1. The van der Waals surface area contributed by atoms with Gasteiger partial charge in [0.1, 0.15) is 0 Å². The van der Waals surface area contributed by atoms with Crippen molar-refractivity contribution in [1.82, 2.24) is 4.72 Å². The molecule has 0 aliphatic carbocycles. The largest absolute Gasteiger partial charge is 0.325 e. The molecule has 0 saturated heterocycles. The molecule has 1 atom stereocenters. The van der Waals surface area contributed by atoms with Gasteiger partial charge in [-0.1, -0.05) is 48.0 Å². The lowest BCUT2D eigenvalue weighted by Gasteiger charge is -2.15. The second kappa shape index (κ2) is 9.70. The molecule has 0 heterocycles. The summed E-state index contributed by atoms with van der Waals surface area (Å²) in [6.45, 7) is 1.38. The second-order valence-corrected chi connectivity index (χ2v) is 10.6. The monoisotopic (exact) mass is 493 g/mol. The summed E-state index contributed by atoms with van der Waals surface area (Å²) < 4.78 is 54.9. The van der Waals surface area contributed by atoms with Crippen molar-refractivity contribution >= 4 is 48.9 Å². The lowest BCUT2D eigenvalue weighted by molar-refractivity contribution is -0.117. The molecule has 3 N–H and O–H groups in total. The Morgan fingerprint density at radius 3 is 2.12 bits per heavy atom. The Bertz CT molecular complexity index is 1330. The normalized spacial score (nSPS) is 12.7. The van der Waals surface area contributed by atoms with Crippen LogP contribution in [-0.4, -0.2) is 28.8 Å². The van der Waals surface area contributed by atoms with E-state index in [1.165, 1.54) is 49.4 Å². The fourth-order valence-electron chi connectivity index (χ4n) is 2.69. The van der Waals surface area contributed by atoms with E-state index in [9.17, 15) is 21.6 Å². The zero-order valence-electron chi connectivity index (χ0n) is 16.8. The number of sulfonamides is 2. The van der Waals surface area contributed by atoms with Crippen molar-refractivity contribution in [2.75, 3.05) is 10.0 Å². The van der Waals surface area contributed by atoms with Crippen LogP contribution in [0.15, 0.2) is 88.7 Å². The van der Waals surface area contributed by atoms with Crippen LogP contribution in [0.1, 0.15) is 6.92 Å². The molecule has 3 aromatic rings. The smallest absolute Gasteiger partial charge is 0.262 e. The minimum absolute atomic E-state index is 0.0263. The molecular weight excluding hydrogens is 474 g/mol. The van der Waals surface area contributed by atoms with Crippen molar-refractivity contribution in [2.24, 2.45) is 0 Å². The number of carbonyl (C=O) groups is 1. The highest BCUT2D eigenvalue weighted by atomic mass is 35.5. The first-order chi connectivity index (χ1) is 15.1. The molecule has 0 bridgehead atoms. The number of para-hydroxylation sites is 1. The van der Waals surface area contributed by atoms with E-state index < -0.39 is 32.0 Å². The van der Waals surface area contributed by atoms with Crippen LogP contribution in [0.2, 0.25) is 5.02 Å². The van der Waals surface area contributed by atoms with Crippen LogP contribution < -0.4 is 14.8 Å². The van der Waals surface area contributed by atoms with Crippen LogP contribution in [0, 0.1) is 0 Å². The van der Waals surface area contributed by atoms with Crippen LogP contribution in [-0.2, 0) is 24.8 Å². The van der Waals surface area contributed by atoms with E-state index in [2.05, 4.69) is 14.8 Å². The van der Waals surface area contributed by atoms with Gasteiger partial charge in [0.15, 0.2) is 0 Å². The van der Waals surface area contributed by atoms with Gasteiger partial charge in [0.25, 0.3) is 10.0 Å². The van der Waals surface area contributed by atoms with E-state index in [0.717, 1.165) is 0 Å². The van der Waals surface area contributed by atoms with Gasteiger partial charge in [-0.05, 0) is 49.4 Å². The van der Waals surface area contributed by atoms with E-state index in [0.29, 0.717) is 0 Å². The summed E-state index contributed by atoms with van der Waals surface area (Å²) in [4.78, 5) is 12.4. The molecule has 8 nitrogen and oxygen atoms in total. The minimum atomic E-state index is -3.98. The molecule has 1 amide bonds. The Hall–Kier alpha value is -2.92. The predicted molar refractivity (Wildman–Crippen MR) is 124 cm³/mol. The highest BCUT2D eigenvalue weighted by Gasteiger charge is 2.22. The third-order valence-corrected chi connectivity index (χ3v) is 7.56. The van der Waals surface area contributed by atoms with Crippen molar-refractivity contribution in [1.29, 1.82) is 0 Å². The summed E-state index contributed by atoms with van der Waals surface area (Å²) in [7, 11) is -7.87. The Morgan fingerprint density at radius 2 is 1.44 bits per heavy atom. The zero-order chi connectivity index (χ0) is 23.4. The van der Waals surface area contributed by atoms with Gasteiger partial charge >= 0.3 is 0 Å². The Balaban J connectivity index is 1.72. The van der Waals surface area contributed by atoms with Gasteiger partial charge in [0.2, 0.25) is 15.9 Å².